The maximum atomic E-state index is 14.2. The van der Waals surface area contributed by atoms with Gasteiger partial charge in [-0.25, -0.2) is 19.3 Å². The van der Waals surface area contributed by atoms with Gasteiger partial charge in [0, 0.05) is 30.0 Å². The molecule has 1 N–H and O–H groups in total. The molecule has 26 heavy (non-hydrogen) atoms. The molecule has 0 aliphatic carbocycles. The topological polar surface area (TPSA) is 55.6 Å². The number of benzene rings is 2. The Morgan fingerprint density at radius 2 is 2.04 bits per heavy atom. The monoisotopic (exact) mass is 385 g/mol. The van der Waals surface area contributed by atoms with Gasteiger partial charge in [0.1, 0.15) is 18.0 Å². The molecule has 0 atom stereocenters. The fourth-order valence-corrected chi connectivity index (χ4v) is 3.61. The number of aryl methyl sites for hydroxylation is 1. The largest absolute Gasteiger partial charge is 0.339 e. The van der Waals surface area contributed by atoms with E-state index in [-0.39, 0.29) is 5.82 Å². The van der Waals surface area contributed by atoms with E-state index in [1.807, 2.05) is 29.9 Å². The smallest absolute Gasteiger partial charge is 0.172 e. The molecule has 0 saturated carbocycles. The second-order valence-electron chi connectivity index (χ2n) is 5.55. The zero-order chi connectivity index (χ0) is 18.1. The average molecular weight is 386 g/mol. The Kier molecular flexibility index (Phi) is 4.48. The quantitative estimate of drug-likeness (QED) is 0.532. The highest BCUT2D eigenvalue weighted by Gasteiger charge is 2.11. The highest BCUT2D eigenvalue weighted by Crippen LogP contribution is 2.35. The second kappa shape index (κ2) is 6.93. The van der Waals surface area contributed by atoms with Crippen molar-refractivity contribution in [2.45, 2.75) is 10.1 Å². The van der Waals surface area contributed by atoms with E-state index in [9.17, 15) is 4.39 Å². The van der Waals surface area contributed by atoms with Crippen molar-refractivity contribution in [1.82, 2.24) is 19.5 Å². The highest BCUT2D eigenvalue weighted by molar-refractivity contribution is 7.99. The number of nitrogens with zero attached hydrogens (tertiary/aromatic N) is 4. The molecule has 0 saturated heterocycles. The predicted octanol–water partition coefficient (Wildman–Crippen LogP) is 5.05. The number of imidazole rings is 1. The Balaban J connectivity index is 1.64. The van der Waals surface area contributed by atoms with Crippen LogP contribution in [0.2, 0.25) is 5.02 Å². The number of nitrogens with one attached hydrogen (secondary N) is 1. The predicted molar refractivity (Wildman–Crippen MR) is 102 cm³/mol. The number of rotatable bonds is 4. The minimum absolute atomic E-state index is 0.345. The summed E-state index contributed by atoms with van der Waals surface area (Å²) in [5.74, 6) is 0.0207. The van der Waals surface area contributed by atoms with E-state index < -0.39 is 0 Å². The number of aromatic nitrogens is 4. The van der Waals surface area contributed by atoms with Crippen molar-refractivity contribution in [2.75, 3.05) is 5.32 Å². The van der Waals surface area contributed by atoms with Crippen molar-refractivity contribution in [3.05, 3.63) is 66.0 Å². The van der Waals surface area contributed by atoms with Crippen molar-refractivity contribution in [3.8, 4) is 0 Å². The summed E-state index contributed by atoms with van der Waals surface area (Å²) in [6.45, 7) is 0. The molecule has 2 heterocycles. The van der Waals surface area contributed by atoms with E-state index in [1.54, 1.807) is 24.4 Å². The van der Waals surface area contributed by atoms with Crippen LogP contribution in [0.3, 0.4) is 0 Å². The molecule has 8 heteroatoms. The molecule has 0 bridgehead atoms. The third-order valence-electron chi connectivity index (χ3n) is 3.78. The molecule has 2 aromatic heterocycles. The third kappa shape index (κ3) is 3.23. The van der Waals surface area contributed by atoms with Gasteiger partial charge in [-0.05, 0) is 30.3 Å². The van der Waals surface area contributed by atoms with Crippen LogP contribution in [0, 0.1) is 5.82 Å². The fraction of sp³-hybridized carbons (Fsp3) is 0.0556. The zero-order valence-electron chi connectivity index (χ0n) is 13.6. The van der Waals surface area contributed by atoms with Gasteiger partial charge in [-0.1, -0.05) is 29.4 Å². The summed E-state index contributed by atoms with van der Waals surface area (Å²) >= 11 is 7.88. The van der Waals surface area contributed by atoms with Gasteiger partial charge in [-0.3, -0.25) is 0 Å². The lowest BCUT2D eigenvalue weighted by atomic mass is 10.2. The summed E-state index contributed by atoms with van der Waals surface area (Å²) in [5, 5.41) is 4.88. The van der Waals surface area contributed by atoms with Gasteiger partial charge in [0.05, 0.1) is 15.9 Å². The minimum Gasteiger partial charge on any atom is -0.339 e. The summed E-state index contributed by atoms with van der Waals surface area (Å²) in [5.41, 5.74) is 1.25. The fourth-order valence-electron chi connectivity index (χ4n) is 2.51. The van der Waals surface area contributed by atoms with Gasteiger partial charge in [-0.2, -0.15) is 0 Å². The number of halogens is 2. The summed E-state index contributed by atoms with van der Waals surface area (Å²) in [4.78, 5) is 13.4. The molecular weight excluding hydrogens is 373 g/mol. The Hall–Kier alpha value is -2.64. The lowest BCUT2D eigenvalue weighted by Crippen LogP contribution is -1.98. The first-order valence-corrected chi connectivity index (χ1v) is 8.92. The van der Waals surface area contributed by atoms with Crippen molar-refractivity contribution < 1.29 is 4.39 Å². The Morgan fingerprint density at radius 3 is 2.81 bits per heavy atom. The van der Waals surface area contributed by atoms with Gasteiger partial charge < -0.3 is 9.88 Å². The molecule has 130 valence electrons. The van der Waals surface area contributed by atoms with E-state index in [2.05, 4.69) is 20.3 Å². The van der Waals surface area contributed by atoms with Crippen molar-refractivity contribution in [2.24, 2.45) is 7.05 Å². The molecule has 0 aliphatic rings. The SMILES string of the molecule is Cn1ccnc1Sc1ccc(Nc2ncnc3cccc(F)c23)cc1Cl. The first-order valence-electron chi connectivity index (χ1n) is 7.73. The number of anilines is 2. The van der Waals surface area contributed by atoms with Gasteiger partial charge in [0.15, 0.2) is 5.16 Å². The molecule has 0 unspecified atom stereocenters. The lowest BCUT2D eigenvalue weighted by molar-refractivity contribution is 0.639. The highest BCUT2D eigenvalue weighted by atomic mass is 35.5. The molecular formula is C18H13ClFN5S. The van der Waals surface area contributed by atoms with Crippen molar-refractivity contribution in [1.29, 1.82) is 0 Å². The minimum atomic E-state index is -0.376. The Labute approximate surface area is 158 Å². The van der Waals surface area contributed by atoms with Crippen LogP contribution < -0.4 is 5.32 Å². The molecule has 0 amide bonds. The normalized spacial score (nSPS) is 11.0. The molecule has 4 rings (SSSR count). The molecule has 0 aliphatic heterocycles. The summed E-state index contributed by atoms with van der Waals surface area (Å²) in [6, 6.07) is 10.3. The molecule has 0 radical (unpaired) electrons. The van der Waals surface area contributed by atoms with Gasteiger partial charge in [0.25, 0.3) is 0 Å². The standard InChI is InChI=1S/C18H13ClFN5S/c1-25-8-7-21-18(25)26-15-6-5-11(9-12(15)19)24-17-16-13(20)3-2-4-14(16)22-10-23-17/h2-10H,1H3,(H,22,23,24). The number of fused-ring (bicyclic) bond motifs is 1. The van der Waals surface area contributed by atoms with Crippen LogP contribution in [0.5, 0.6) is 0 Å². The van der Waals surface area contributed by atoms with Crippen LogP contribution in [-0.2, 0) is 7.05 Å². The third-order valence-corrected chi connectivity index (χ3v) is 5.36. The molecule has 5 nitrogen and oxygen atoms in total. The molecule has 0 spiro atoms. The summed E-state index contributed by atoms with van der Waals surface area (Å²) in [6.07, 6.45) is 5.01. The second-order valence-corrected chi connectivity index (χ2v) is 6.97. The van der Waals surface area contributed by atoms with E-state index in [1.165, 1.54) is 24.2 Å². The van der Waals surface area contributed by atoms with E-state index in [0.717, 1.165) is 10.1 Å². The van der Waals surface area contributed by atoms with Gasteiger partial charge >= 0.3 is 0 Å². The average Bonchev–Trinajstić information content (AvgIpc) is 3.02. The van der Waals surface area contributed by atoms with E-state index in [0.29, 0.717) is 27.4 Å². The lowest BCUT2D eigenvalue weighted by Gasteiger charge is -2.11. The van der Waals surface area contributed by atoms with E-state index in [4.69, 9.17) is 11.6 Å². The van der Waals surface area contributed by atoms with Gasteiger partial charge in [-0.15, -0.1) is 0 Å². The molecule has 2 aromatic carbocycles. The maximum absolute atomic E-state index is 14.2. The number of hydrogen-bond acceptors (Lipinski definition) is 5. The Bertz CT molecular complexity index is 1090. The van der Waals surface area contributed by atoms with Gasteiger partial charge in [0.2, 0.25) is 0 Å². The van der Waals surface area contributed by atoms with Crippen LogP contribution in [0.4, 0.5) is 15.9 Å². The van der Waals surface area contributed by atoms with Crippen molar-refractivity contribution in [3.63, 3.8) is 0 Å². The molecule has 4 aromatic rings. The van der Waals surface area contributed by atoms with E-state index >= 15 is 0 Å². The number of hydrogen-bond donors (Lipinski definition) is 1. The van der Waals surface area contributed by atoms with Crippen molar-refractivity contribution >= 4 is 45.8 Å². The first-order chi connectivity index (χ1) is 12.6. The molecule has 0 fully saturated rings. The first kappa shape index (κ1) is 16.8. The summed E-state index contributed by atoms with van der Waals surface area (Å²) in [7, 11) is 1.92. The summed E-state index contributed by atoms with van der Waals surface area (Å²) < 4.78 is 16.1. The van der Waals surface area contributed by atoms with Crippen LogP contribution in [0.1, 0.15) is 0 Å². The van der Waals surface area contributed by atoms with Crippen LogP contribution in [0.15, 0.2) is 65.2 Å². The Morgan fingerprint density at radius 1 is 1.15 bits per heavy atom. The van der Waals surface area contributed by atoms with Crippen LogP contribution in [-0.4, -0.2) is 19.5 Å². The maximum Gasteiger partial charge on any atom is 0.172 e. The zero-order valence-corrected chi connectivity index (χ0v) is 15.2. The van der Waals surface area contributed by atoms with Crippen LogP contribution in [0.25, 0.3) is 10.9 Å². The van der Waals surface area contributed by atoms with Crippen LogP contribution >= 0.6 is 23.4 Å².